The number of rotatable bonds is 3. The molecule has 110 valence electrons. The van der Waals surface area contributed by atoms with Crippen molar-refractivity contribution in [3.8, 4) is 22.6 Å². The predicted molar refractivity (Wildman–Crippen MR) is 89.9 cm³/mol. The van der Waals surface area contributed by atoms with Crippen molar-refractivity contribution in [3.05, 3.63) is 59.7 Å². The van der Waals surface area contributed by atoms with Crippen molar-refractivity contribution in [2.24, 2.45) is 0 Å². The van der Waals surface area contributed by atoms with Crippen molar-refractivity contribution in [1.82, 2.24) is 0 Å². The van der Waals surface area contributed by atoms with Gasteiger partial charge >= 0.3 is 0 Å². The van der Waals surface area contributed by atoms with Gasteiger partial charge < -0.3 is 9.47 Å². The Morgan fingerprint density at radius 3 is 2.32 bits per heavy atom. The third-order valence-corrected chi connectivity index (χ3v) is 4.58. The first-order valence-corrected chi connectivity index (χ1v) is 7.57. The number of aryl methyl sites for hydroxylation is 2. The van der Waals surface area contributed by atoms with Gasteiger partial charge in [-0.3, -0.25) is 0 Å². The molecular formula is C20H18O2. The van der Waals surface area contributed by atoms with Crippen molar-refractivity contribution in [2.75, 3.05) is 14.2 Å². The number of methoxy groups -OCH3 is 2. The summed E-state index contributed by atoms with van der Waals surface area (Å²) in [6.07, 6.45) is 2.30. The van der Waals surface area contributed by atoms with E-state index in [0.717, 1.165) is 29.9 Å². The highest BCUT2D eigenvalue weighted by atomic mass is 16.5. The second-order valence-electron chi connectivity index (χ2n) is 5.68. The summed E-state index contributed by atoms with van der Waals surface area (Å²) in [7, 11) is 3.38. The molecule has 0 radical (unpaired) electrons. The van der Waals surface area contributed by atoms with Gasteiger partial charge in [0, 0.05) is 11.6 Å². The zero-order valence-electron chi connectivity index (χ0n) is 12.8. The highest BCUT2D eigenvalue weighted by Crippen LogP contribution is 2.41. The zero-order chi connectivity index (χ0) is 15.1. The lowest BCUT2D eigenvalue weighted by molar-refractivity contribution is 0.395. The maximum Gasteiger partial charge on any atom is 0.130 e. The molecule has 1 aliphatic rings. The summed E-state index contributed by atoms with van der Waals surface area (Å²) in [5, 5.41) is 2.74. The Kier molecular flexibility index (Phi) is 3.04. The Balaban J connectivity index is 2.00. The van der Waals surface area contributed by atoms with Gasteiger partial charge in [0.1, 0.15) is 11.5 Å². The molecule has 4 rings (SSSR count). The quantitative estimate of drug-likeness (QED) is 0.700. The van der Waals surface area contributed by atoms with Crippen LogP contribution < -0.4 is 9.47 Å². The fourth-order valence-corrected chi connectivity index (χ4v) is 3.50. The van der Waals surface area contributed by atoms with Gasteiger partial charge in [0.2, 0.25) is 0 Å². The molecule has 0 atom stereocenters. The van der Waals surface area contributed by atoms with Crippen LogP contribution in [0.5, 0.6) is 11.5 Å². The Hall–Kier alpha value is -2.48. The summed E-state index contributed by atoms with van der Waals surface area (Å²) >= 11 is 0. The smallest absolute Gasteiger partial charge is 0.130 e. The number of benzene rings is 3. The highest BCUT2D eigenvalue weighted by molar-refractivity contribution is 6.02. The molecule has 3 aromatic carbocycles. The van der Waals surface area contributed by atoms with Crippen molar-refractivity contribution in [1.29, 1.82) is 0 Å². The molecule has 0 N–H and O–H groups in total. The van der Waals surface area contributed by atoms with Crippen molar-refractivity contribution < 1.29 is 9.47 Å². The highest BCUT2D eigenvalue weighted by Gasteiger charge is 2.18. The maximum atomic E-state index is 5.59. The van der Waals surface area contributed by atoms with E-state index in [1.807, 2.05) is 12.1 Å². The Labute approximate surface area is 130 Å². The number of ether oxygens (including phenoxy) is 2. The molecule has 0 bridgehead atoms. The van der Waals surface area contributed by atoms with Crippen LogP contribution in [0.15, 0.2) is 48.5 Å². The molecule has 0 heterocycles. The minimum absolute atomic E-state index is 0.812. The predicted octanol–water partition coefficient (Wildman–Crippen LogP) is 4.62. The molecule has 0 saturated carbocycles. The Bertz CT molecular complexity index is 855. The summed E-state index contributed by atoms with van der Waals surface area (Å²) in [6.45, 7) is 0. The first-order valence-electron chi connectivity index (χ1n) is 7.57. The lowest BCUT2D eigenvalue weighted by Crippen LogP contribution is -1.92. The SMILES string of the molecule is COc1ccc(-c2ccc3c4c(cccc24)CC3)c(OC)c1. The van der Waals surface area contributed by atoms with Gasteiger partial charge in [0.05, 0.1) is 14.2 Å². The maximum absolute atomic E-state index is 5.59. The molecular weight excluding hydrogens is 272 g/mol. The van der Waals surface area contributed by atoms with Gasteiger partial charge in [0.15, 0.2) is 0 Å². The van der Waals surface area contributed by atoms with Gasteiger partial charge in [-0.05, 0) is 52.4 Å². The standard InChI is InChI=1S/C20H18O2/c1-21-15-9-11-17(19(12-15)22-2)16-10-8-14-7-6-13-4-3-5-18(16)20(13)14/h3-5,8-12H,6-7H2,1-2H3. The van der Waals surface area contributed by atoms with Gasteiger partial charge in [-0.1, -0.05) is 30.3 Å². The zero-order valence-corrected chi connectivity index (χ0v) is 12.8. The van der Waals surface area contributed by atoms with Gasteiger partial charge in [-0.25, -0.2) is 0 Å². The largest absolute Gasteiger partial charge is 0.497 e. The Morgan fingerprint density at radius 2 is 1.55 bits per heavy atom. The van der Waals surface area contributed by atoms with E-state index in [1.54, 1.807) is 14.2 Å². The molecule has 0 spiro atoms. The second-order valence-corrected chi connectivity index (χ2v) is 5.68. The van der Waals surface area contributed by atoms with Crippen LogP contribution in [-0.4, -0.2) is 14.2 Å². The van der Waals surface area contributed by atoms with Crippen molar-refractivity contribution in [3.63, 3.8) is 0 Å². The monoisotopic (exact) mass is 290 g/mol. The van der Waals surface area contributed by atoms with Crippen molar-refractivity contribution in [2.45, 2.75) is 12.8 Å². The van der Waals surface area contributed by atoms with E-state index < -0.39 is 0 Å². The molecule has 22 heavy (non-hydrogen) atoms. The first kappa shape index (κ1) is 13.2. The van der Waals surface area contributed by atoms with Crippen LogP contribution in [0.25, 0.3) is 21.9 Å². The molecule has 0 unspecified atom stereocenters. The molecule has 0 aromatic heterocycles. The van der Waals surface area contributed by atoms with Crippen LogP contribution in [0.3, 0.4) is 0 Å². The molecule has 0 aliphatic heterocycles. The molecule has 2 nitrogen and oxygen atoms in total. The van der Waals surface area contributed by atoms with E-state index in [4.69, 9.17) is 9.47 Å². The van der Waals surface area contributed by atoms with Gasteiger partial charge in [-0.15, -0.1) is 0 Å². The van der Waals surface area contributed by atoms with E-state index in [2.05, 4.69) is 36.4 Å². The van der Waals surface area contributed by atoms with Crippen LogP contribution in [-0.2, 0) is 12.8 Å². The summed E-state index contributed by atoms with van der Waals surface area (Å²) in [6, 6.07) is 17.1. The van der Waals surface area contributed by atoms with Crippen molar-refractivity contribution >= 4 is 10.8 Å². The number of hydrogen-bond donors (Lipinski definition) is 0. The molecule has 0 fully saturated rings. The van der Waals surface area contributed by atoms with Gasteiger partial charge in [-0.2, -0.15) is 0 Å². The average molecular weight is 290 g/mol. The van der Waals surface area contributed by atoms with E-state index in [0.29, 0.717) is 0 Å². The molecule has 0 saturated heterocycles. The van der Waals surface area contributed by atoms with E-state index in [-0.39, 0.29) is 0 Å². The van der Waals surface area contributed by atoms with Crippen LogP contribution in [0, 0.1) is 0 Å². The first-order chi connectivity index (χ1) is 10.8. The van der Waals surface area contributed by atoms with Gasteiger partial charge in [0.25, 0.3) is 0 Å². The van der Waals surface area contributed by atoms with E-state index in [1.165, 1.54) is 27.5 Å². The minimum atomic E-state index is 0.812. The van der Waals surface area contributed by atoms with E-state index in [9.17, 15) is 0 Å². The Morgan fingerprint density at radius 1 is 0.773 bits per heavy atom. The van der Waals surface area contributed by atoms with Crippen LogP contribution in [0.4, 0.5) is 0 Å². The summed E-state index contributed by atoms with van der Waals surface area (Å²) in [4.78, 5) is 0. The van der Waals surface area contributed by atoms with Crippen LogP contribution in [0.2, 0.25) is 0 Å². The fourth-order valence-electron chi connectivity index (χ4n) is 3.50. The van der Waals surface area contributed by atoms with Crippen LogP contribution in [0.1, 0.15) is 11.1 Å². The second kappa shape index (κ2) is 5.06. The van der Waals surface area contributed by atoms with E-state index >= 15 is 0 Å². The topological polar surface area (TPSA) is 18.5 Å². The summed E-state index contributed by atoms with van der Waals surface area (Å²) in [5.74, 6) is 1.66. The fraction of sp³-hybridized carbons (Fsp3) is 0.200. The third-order valence-electron chi connectivity index (χ3n) is 4.58. The lowest BCUT2D eigenvalue weighted by Gasteiger charge is -2.14. The lowest BCUT2D eigenvalue weighted by atomic mass is 9.95. The number of hydrogen-bond acceptors (Lipinski definition) is 2. The normalized spacial score (nSPS) is 12.6. The minimum Gasteiger partial charge on any atom is -0.497 e. The summed E-state index contributed by atoms with van der Waals surface area (Å²) in [5.41, 5.74) is 5.25. The molecule has 1 aliphatic carbocycles. The average Bonchev–Trinajstić information content (AvgIpc) is 3.00. The molecule has 2 heteroatoms. The van der Waals surface area contributed by atoms with Crippen LogP contribution >= 0.6 is 0 Å². The third kappa shape index (κ3) is 1.87. The molecule has 0 amide bonds. The summed E-state index contributed by atoms with van der Waals surface area (Å²) < 4.78 is 10.9. The molecule has 3 aromatic rings.